The average Bonchev–Trinajstić information content (AvgIpc) is 2.39. The third-order valence-corrected chi connectivity index (χ3v) is 2.84. The Labute approximate surface area is 118 Å². The highest BCUT2D eigenvalue weighted by Gasteiger charge is 2.05. The van der Waals surface area contributed by atoms with Crippen molar-refractivity contribution in [3.8, 4) is 0 Å². The molecule has 0 atom stereocenters. The molecule has 0 saturated heterocycles. The molecule has 0 radical (unpaired) electrons. The number of halogens is 1. The molecule has 0 unspecified atom stereocenters. The van der Waals surface area contributed by atoms with Gasteiger partial charge in [-0.3, -0.25) is 0 Å². The van der Waals surface area contributed by atoms with Crippen molar-refractivity contribution in [3.63, 3.8) is 0 Å². The summed E-state index contributed by atoms with van der Waals surface area (Å²) in [7, 11) is 3.84. The Morgan fingerprint density at radius 1 is 1.25 bits per heavy atom. The van der Waals surface area contributed by atoms with Gasteiger partial charge in [0, 0.05) is 30.5 Å². The highest BCUT2D eigenvalue weighted by Crippen LogP contribution is 2.13. The highest BCUT2D eigenvalue weighted by molar-refractivity contribution is 5.31. The average molecular weight is 274 g/mol. The van der Waals surface area contributed by atoms with Crippen LogP contribution in [0, 0.1) is 12.7 Å². The van der Waals surface area contributed by atoms with Crippen molar-refractivity contribution in [1.29, 1.82) is 0 Å². The number of aryl methyl sites for hydroxylation is 1. The van der Waals surface area contributed by atoms with Crippen molar-refractivity contribution in [2.24, 2.45) is 0 Å². The minimum atomic E-state index is -0.172. The largest absolute Gasteiger partial charge is 0.350 e. The topological polar surface area (TPSA) is 41.1 Å². The van der Waals surface area contributed by atoms with E-state index >= 15 is 0 Å². The molecular formula is C15H19FN4. The Morgan fingerprint density at radius 2 is 2.05 bits per heavy atom. The third-order valence-electron chi connectivity index (χ3n) is 2.84. The number of hydrogen-bond donors (Lipinski definition) is 1. The van der Waals surface area contributed by atoms with Gasteiger partial charge in [-0.2, -0.15) is 0 Å². The van der Waals surface area contributed by atoms with Gasteiger partial charge in [-0.15, -0.1) is 0 Å². The van der Waals surface area contributed by atoms with Crippen molar-refractivity contribution in [3.05, 3.63) is 53.1 Å². The van der Waals surface area contributed by atoms with Crippen LogP contribution in [0.2, 0.25) is 0 Å². The van der Waals surface area contributed by atoms with Gasteiger partial charge in [-0.1, -0.05) is 6.07 Å². The number of anilines is 1. The summed E-state index contributed by atoms with van der Waals surface area (Å²) < 4.78 is 13.7. The molecule has 0 aliphatic carbocycles. The molecule has 0 bridgehead atoms. The van der Waals surface area contributed by atoms with E-state index in [1.807, 2.05) is 38.1 Å². The van der Waals surface area contributed by atoms with E-state index in [0.717, 1.165) is 11.3 Å². The zero-order valence-electron chi connectivity index (χ0n) is 12.0. The molecule has 0 spiro atoms. The molecule has 2 rings (SSSR count). The van der Waals surface area contributed by atoms with Crippen LogP contribution in [0.4, 0.5) is 10.3 Å². The van der Waals surface area contributed by atoms with Gasteiger partial charge in [0.05, 0.1) is 0 Å². The number of benzene rings is 1. The van der Waals surface area contributed by atoms with E-state index in [0.29, 0.717) is 24.6 Å². The normalized spacial score (nSPS) is 10.8. The summed E-state index contributed by atoms with van der Waals surface area (Å²) in [5.41, 5.74) is 2.61. The second-order valence-corrected chi connectivity index (χ2v) is 5.04. The van der Waals surface area contributed by atoms with Crippen molar-refractivity contribution >= 4 is 5.95 Å². The lowest BCUT2D eigenvalue weighted by molar-refractivity contribution is 0.392. The molecule has 0 aliphatic heterocycles. The van der Waals surface area contributed by atoms with Gasteiger partial charge in [0.2, 0.25) is 5.95 Å². The lowest BCUT2D eigenvalue weighted by Gasteiger charge is -2.12. The van der Waals surface area contributed by atoms with E-state index in [1.54, 1.807) is 12.3 Å². The summed E-state index contributed by atoms with van der Waals surface area (Å²) in [6, 6.07) is 7.00. The molecule has 1 N–H and O–H groups in total. The maximum Gasteiger partial charge on any atom is 0.223 e. The van der Waals surface area contributed by atoms with E-state index in [1.165, 1.54) is 6.07 Å². The van der Waals surface area contributed by atoms with Crippen LogP contribution in [-0.2, 0) is 13.1 Å². The first-order chi connectivity index (χ1) is 9.54. The minimum absolute atomic E-state index is 0.172. The van der Waals surface area contributed by atoms with Crippen LogP contribution in [0.25, 0.3) is 0 Å². The molecule has 0 aliphatic rings. The second kappa shape index (κ2) is 6.43. The van der Waals surface area contributed by atoms with Gasteiger partial charge in [0.1, 0.15) is 5.82 Å². The molecule has 1 heterocycles. The molecule has 2 aromatic rings. The Kier molecular flexibility index (Phi) is 4.63. The van der Waals surface area contributed by atoms with Crippen LogP contribution in [0.3, 0.4) is 0 Å². The van der Waals surface area contributed by atoms with Crippen molar-refractivity contribution < 1.29 is 4.39 Å². The second-order valence-electron chi connectivity index (χ2n) is 5.04. The Hall–Kier alpha value is -2.01. The number of nitrogens with zero attached hydrogens (tertiary/aromatic N) is 3. The molecule has 1 aromatic heterocycles. The fourth-order valence-electron chi connectivity index (χ4n) is 1.92. The van der Waals surface area contributed by atoms with E-state index in [4.69, 9.17) is 0 Å². The molecule has 4 nitrogen and oxygen atoms in total. The summed E-state index contributed by atoms with van der Waals surface area (Å²) in [6.45, 7) is 3.07. The fraction of sp³-hybridized carbons (Fsp3) is 0.333. The van der Waals surface area contributed by atoms with Gasteiger partial charge in [-0.25, -0.2) is 14.4 Å². The monoisotopic (exact) mass is 274 g/mol. The molecule has 1 aromatic carbocycles. The van der Waals surface area contributed by atoms with E-state index in [9.17, 15) is 4.39 Å². The number of rotatable bonds is 5. The minimum Gasteiger partial charge on any atom is -0.350 e. The van der Waals surface area contributed by atoms with Crippen molar-refractivity contribution in [2.45, 2.75) is 20.0 Å². The summed E-state index contributed by atoms with van der Waals surface area (Å²) >= 11 is 0. The van der Waals surface area contributed by atoms with Crippen LogP contribution in [0.15, 0.2) is 30.5 Å². The lowest BCUT2D eigenvalue weighted by Crippen LogP contribution is -2.12. The number of aromatic nitrogens is 2. The SMILES string of the molecule is Cc1ccnc(NCc2ccc(F)c(CN(C)C)c2)n1. The quantitative estimate of drug-likeness (QED) is 0.910. The van der Waals surface area contributed by atoms with Gasteiger partial charge in [0.15, 0.2) is 0 Å². The molecule has 5 heteroatoms. The van der Waals surface area contributed by atoms with Crippen molar-refractivity contribution in [2.75, 3.05) is 19.4 Å². The van der Waals surface area contributed by atoms with Crippen LogP contribution >= 0.6 is 0 Å². The summed E-state index contributed by atoms with van der Waals surface area (Å²) in [6.07, 6.45) is 1.72. The molecule has 106 valence electrons. The molecule has 20 heavy (non-hydrogen) atoms. The third kappa shape index (κ3) is 3.99. The Morgan fingerprint density at radius 3 is 2.75 bits per heavy atom. The summed E-state index contributed by atoms with van der Waals surface area (Å²) in [4.78, 5) is 10.4. The molecule has 0 fully saturated rings. The van der Waals surface area contributed by atoms with Gasteiger partial charge in [0.25, 0.3) is 0 Å². The zero-order chi connectivity index (χ0) is 14.5. The molecule has 0 amide bonds. The van der Waals surface area contributed by atoms with Gasteiger partial charge < -0.3 is 10.2 Å². The molecular weight excluding hydrogens is 255 g/mol. The molecule has 0 saturated carbocycles. The predicted molar refractivity (Wildman–Crippen MR) is 77.9 cm³/mol. The first kappa shape index (κ1) is 14.4. The fourth-order valence-corrected chi connectivity index (χ4v) is 1.92. The smallest absolute Gasteiger partial charge is 0.223 e. The maximum atomic E-state index is 13.7. The van der Waals surface area contributed by atoms with Gasteiger partial charge in [-0.05, 0) is 44.8 Å². The summed E-state index contributed by atoms with van der Waals surface area (Å²) in [5.74, 6) is 0.415. The Bertz CT molecular complexity index is 584. The Balaban J connectivity index is 2.06. The van der Waals surface area contributed by atoms with E-state index < -0.39 is 0 Å². The number of hydrogen-bond acceptors (Lipinski definition) is 4. The lowest BCUT2D eigenvalue weighted by atomic mass is 10.1. The first-order valence-corrected chi connectivity index (χ1v) is 6.50. The number of nitrogens with one attached hydrogen (secondary N) is 1. The first-order valence-electron chi connectivity index (χ1n) is 6.50. The van der Waals surface area contributed by atoms with E-state index in [2.05, 4.69) is 15.3 Å². The van der Waals surface area contributed by atoms with Crippen LogP contribution in [0.5, 0.6) is 0 Å². The highest BCUT2D eigenvalue weighted by atomic mass is 19.1. The van der Waals surface area contributed by atoms with Crippen LogP contribution in [-0.4, -0.2) is 29.0 Å². The summed E-state index contributed by atoms with van der Waals surface area (Å²) in [5, 5.41) is 3.14. The predicted octanol–water partition coefficient (Wildman–Crippen LogP) is 2.60. The van der Waals surface area contributed by atoms with Crippen LogP contribution in [0.1, 0.15) is 16.8 Å². The van der Waals surface area contributed by atoms with E-state index in [-0.39, 0.29) is 5.82 Å². The van der Waals surface area contributed by atoms with Gasteiger partial charge >= 0.3 is 0 Å². The van der Waals surface area contributed by atoms with Crippen molar-refractivity contribution in [1.82, 2.24) is 14.9 Å². The zero-order valence-corrected chi connectivity index (χ0v) is 12.0. The maximum absolute atomic E-state index is 13.7. The van der Waals surface area contributed by atoms with Crippen LogP contribution < -0.4 is 5.32 Å². The standard InChI is InChI=1S/C15H19FN4/c1-11-6-7-17-15(19-11)18-9-12-4-5-14(16)13(8-12)10-20(2)3/h4-8H,9-10H2,1-3H3,(H,17,18,19).